The third kappa shape index (κ3) is 2.34. The molecule has 102 valence electrons. The molecule has 0 bridgehead atoms. The van der Waals surface area contributed by atoms with Crippen molar-refractivity contribution in [1.29, 1.82) is 0 Å². The molecule has 2 rings (SSSR count). The fraction of sp³-hybridized carbons (Fsp3) is 0.333. The van der Waals surface area contributed by atoms with Gasteiger partial charge in [-0.1, -0.05) is 6.42 Å². The van der Waals surface area contributed by atoms with Gasteiger partial charge in [-0.3, -0.25) is 9.59 Å². The maximum absolute atomic E-state index is 13.5. The van der Waals surface area contributed by atoms with Gasteiger partial charge in [0.1, 0.15) is 17.0 Å². The highest BCUT2D eigenvalue weighted by molar-refractivity contribution is 9.10. The minimum atomic E-state index is -1.52. The lowest BCUT2D eigenvalue weighted by molar-refractivity contribution is -0.159. The number of nitrogens with one attached hydrogen (secondary N) is 1. The average Bonchev–Trinajstić information content (AvgIpc) is 2.23. The van der Waals surface area contributed by atoms with Crippen molar-refractivity contribution in [3.05, 3.63) is 28.2 Å². The number of anilines is 1. The minimum absolute atomic E-state index is 0.0698. The van der Waals surface area contributed by atoms with Crippen molar-refractivity contribution in [3.63, 3.8) is 0 Å². The van der Waals surface area contributed by atoms with E-state index in [0.717, 1.165) is 12.1 Å². The van der Waals surface area contributed by atoms with Crippen LogP contribution in [-0.2, 0) is 9.59 Å². The first-order valence-electron chi connectivity index (χ1n) is 5.56. The number of hydrogen-bond acceptors (Lipinski definition) is 2. The van der Waals surface area contributed by atoms with E-state index in [4.69, 9.17) is 5.11 Å². The Bertz CT molecular complexity index is 558. The van der Waals surface area contributed by atoms with Gasteiger partial charge in [-0.05, 0) is 34.8 Å². The van der Waals surface area contributed by atoms with E-state index in [1.54, 1.807) is 0 Å². The summed E-state index contributed by atoms with van der Waals surface area (Å²) < 4.78 is 26.8. The zero-order valence-corrected chi connectivity index (χ0v) is 11.3. The first-order chi connectivity index (χ1) is 8.86. The second-order valence-corrected chi connectivity index (χ2v) is 5.30. The fourth-order valence-corrected chi connectivity index (χ4v) is 2.24. The second kappa shape index (κ2) is 4.88. The first kappa shape index (κ1) is 13.9. The van der Waals surface area contributed by atoms with Crippen molar-refractivity contribution < 1.29 is 23.5 Å². The molecule has 0 atom stereocenters. The van der Waals surface area contributed by atoms with Crippen LogP contribution in [-0.4, -0.2) is 17.0 Å². The molecule has 1 aliphatic rings. The quantitative estimate of drug-likeness (QED) is 0.660. The van der Waals surface area contributed by atoms with Gasteiger partial charge in [0.05, 0.1) is 10.2 Å². The molecular formula is C12H10BrF2NO3. The van der Waals surface area contributed by atoms with Crippen molar-refractivity contribution in [2.75, 3.05) is 5.32 Å². The summed E-state index contributed by atoms with van der Waals surface area (Å²) in [5, 5.41) is 11.2. The van der Waals surface area contributed by atoms with Gasteiger partial charge in [0.15, 0.2) is 0 Å². The van der Waals surface area contributed by atoms with Gasteiger partial charge in [0.25, 0.3) is 0 Å². The normalized spacial score (nSPS) is 16.6. The van der Waals surface area contributed by atoms with Gasteiger partial charge in [-0.25, -0.2) is 8.78 Å². The number of hydrogen-bond donors (Lipinski definition) is 2. The SMILES string of the molecule is O=C(O)C1(C(=O)Nc2cc(F)c(Br)cc2F)CCC1. The summed E-state index contributed by atoms with van der Waals surface area (Å²) in [5.74, 6) is -3.63. The van der Waals surface area contributed by atoms with Crippen LogP contribution in [0.15, 0.2) is 16.6 Å². The number of carbonyl (C=O) groups excluding carboxylic acids is 1. The largest absolute Gasteiger partial charge is 0.480 e. The molecule has 0 heterocycles. The number of aliphatic carboxylic acids is 1. The smallest absolute Gasteiger partial charge is 0.319 e. The summed E-state index contributed by atoms with van der Waals surface area (Å²) >= 11 is 2.81. The van der Waals surface area contributed by atoms with Gasteiger partial charge in [0, 0.05) is 6.07 Å². The van der Waals surface area contributed by atoms with Crippen LogP contribution in [0.1, 0.15) is 19.3 Å². The van der Waals surface area contributed by atoms with Crippen molar-refractivity contribution in [1.82, 2.24) is 0 Å². The van der Waals surface area contributed by atoms with E-state index in [2.05, 4.69) is 21.2 Å². The molecule has 1 aromatic carbocycles. The van der Waals surface area contributed by atoms with Gasteiger partial charge >= 0.3 is 5.97 Å². The standard InChI is InChI=1S/C12H10BrF2NO3/c13-6-4-8(15)9(5-7(6)14)16-10(17)12(11(18)19)2-1-3-12/h4-5H,1-3H2,(H,16,17)(H,18,19). The molecule has 2 N–H and O–H groups in total. The summed E-state index contributed by atoms with van der Waals surface area (Å²) in [4.78, 5) is 23.0. The van der Waals surface area contributed by atoms with E-state index in [1.807, 2.05) is 0 Å². The maximum atomic E-state index is 13.5. The molecule has 7 heteroatoms. The Labute approximate surface area is 115 Å². The van der Waals surface area contributed by atoms with E-state index in [1.165, 1.54) is 0 Å². The highest BCUT2D eigenvalue weighted by Gasteiger charge is 2.51. The van der Waals surface area contributed by atoms with E-state index in [-0.39, 0.29) is 23.0 Å². The van der Waals surface area contributed by atoms with Crippen LogP contribution in [0.3, 0.4) is 0 Å². The Balaban J connectivity index is 2.24. The summed E-state index contributed by atoms with van der Waals surface area (Å²) in [6.07, 6.45) is 1.03. The molecule has 1 amide bonds. The Morgan fingerprint density at radius 1 is 1.26 bits per heavy atom. The Morgan fingerprint density at radius 2 is 1.89 bits per heavy atom. The minimum Gasteiger partial charge on any atom is -0.480 e. The zero-order valence-electron chi connectivity index (χ0n) is 9.67. The number of benzene rings is 1. The number of amides is 1. The van der Waals surface area contributed by atoms with Crippen LogP contribution < -0.4 is 5.32 Å². The predicted molar refractivity (Wildman–Crippen MR) is 66.6 cm³/mol. The number of carboxylic acids is 1. The van der Waals surface area contributed by atoms with Crippen LogP contribution >= 0.6 is 15.9 Å². The van der Waals surface area contributed by atoms with E-state index in [9.17, 15) is 18.4 Å². The molecule has 0 saturated heterocycles. The van der Waals surface area contributed by atoms with Crippen molar-refractivity contribution in [3.8, 4) is 0 Å². The molecule has 1 aliphatic carbocycles. The maximum Gasteiger partial charge on any atom is 0.319 e. The Kier molecular flexibility index (Phi) is 3.58. The Morgan fingerprint density at radius 3 is 2.37 bits per heavy atom. The van der Waals surface area contributed by atoms with Crippen molar-refractivity contribution in [2.45, 2.75) is 19.3 Å². The molecule has 1 fully saturated rings. The average molecular weight is 334 g/mol. The molecule has 1 saturated carbocycles. The van der Waals surface area contributed by atoms with E-state index in [0.29, 0.717) is 6.42 Å². The van der Waals surface area contributed by atoms with Gasteiger partial charge in [-0.2, -0.15) is 0 Å². The van der Waals surface area contributed by atoms with Crippen molar-refractivity contribution >= 4 is 33.5 Å². The lowest BCUT2D eigenvalue weighted by Gasteiger charge is -2.35. The third-order valence-electron chi connectivity index (χ3n) is 3.31. The molecule has 0 aliphatic heterocycles. The summed E-state index contributed by atoms with van der Waals surface area (Å²) in [7, 11) is 0. The van der Waals surface area contributed by atoms with Crippen LogP contribution in [0.4, 0.5) is 14.5 Å². The van der Waals surface area contributed by atoms with Gasteiger partial charge in [-0.15, -0.1) is 0 Å². The molecule has 0 aromatic heterocycles. The summed E-state index contributed by atoms with van der Waals surface area (Å²) in [6, 6.07) is 1.69. The lowest BCUT2D eigenvalue weighted by atomic mass is 9.68. The number of halogens is 3. The fourth-order valence-electron chi connectivity index (χ4n) is 1.93. The summed E-state index contributed by atoms with van der Waals surface area (Å²) in [5.41, 5.74) is -1.88. The highest BCUT2D eigenvalue weighted by Crippen LogP contribution is 2.42. The Hall–Kier alpha value is -1.50. The van der Waals surface area contributed by atoms with Gasteiger partial charge in [0.2, 0.25) is 5.91 Å². The molecule has 1 aromatic rings. The molecule has 0 unspecified atom stereocenters. The number of carboxylic acid groups (broad SMARTS) is 1. The summed E-state index contributed by atoms with van der Waals surface area (Å²) in [6.45, 7) is 0. The topological polar surface area (TPSA) is 66.4 Å². The van der Waals surface area contributed by atoms with Gasteiger partial charge < -0.3 is 10.4 Å². The molecule has 4 nitrogen and oxygen atoms in total. The van der Waals surface area contributed by atoms with Crippen LogP contribution in [0.5, 0.6) is 0 Å². The predicted octanol–water partition coefficient (Wildman–Crippen LogP) is 2.92. The molecule has 0 spiro atoms. The molecule has 0 radical (unpaired) electrons. The van der Waals surface area contributed by atoms with Crippen molar-refractivity contribution in [2.24, 2.45) is 5.41 Å². The van der Waals surface area contributed by atoms with Crippen LogP contribution in [0.25, 0.3) is 0 Å². The van der Waals surface area contributed by atoms with E-state index >= 15 is 0 Å². The third-order valence-corrected chi connectivity index (χ3v) is 3.92. The zero-order chi connectivity index (χ0) is 14.2. The van der Waals surface area contributed by atoms with Crippen LogP contribution in [0.2, 0.25) is 0 Å². The number of rotatable bonds is 3. The highest BCUT2D eigenvalue weighted by atomic mass is 79.9. The lowest BCUT2D eigenvalue weighted by Crippen LogP contribution is -2.48. The first-order valence-corrected chi connectivity index (χ1v) is 6.35. The number of carbonyl (C=O) groups is 2. The molecular weight excluding hydrogens is 324 g/mol. The molecule has 19 heavy (non-hydrogen) atoms. The monoisotopic (exact) mass is 333 g/mol. The second-order valence-electron chi connectivity index (χ2n) is 4.44. The van der Waals surface area contributed by atoms with E-state index < -0.39 is 28.9 Å². The van der Waals surface area contributed by atoms with Crippen LogP contribution in [0, 0.1) is 17.0 Å².